The maximum Gasteiger partial charge on any atom is 0.418 e. The van der Waals surface area contributed by atoms with Crippen LogP contribution in [0, 0.1) is 0 Å². The van der Waals surface area contributed by atoms with Gasteiger partial charge in [-0.05, 0) is 12.1 Å². The lowest BCUT2D eigenvalue weighted by Crippen LogP contribution is -2.15. The highest BCUT2D eigenvalue weighted by atomic mass is 19.4. The van der Waals surface area contributed by atoms with E-state index in [-0.39, 0.29) is 11.6 Å². The minimum absolute atomic E-state index is 0.0968. The van der Waals surface area contributed by atoms with E-state index in [1.54, 1.807) is 16.6 Å². The van der Waals surface area contributed by atoms with Crippen LogP contribution < -0.4 is 14.8 Å². The van der Waals surface area contributed by atoms with Crippen molar-refractivity contribution in [1.82, 2.24) is 19.6 Å². The number of para-hydroxylation sites is 1. The van der Waals surface area contributed by atoms with E-state index in [1.807, 2.05) is 0 Å². The van der Waals surface area contributed by atoms with Crippen molar-refractivity contribution in [3.05, 3.63) is 42.0 Å². The summed E-state index contributed by atoms with van der Waals surface area (Å²) in [6.07, 6.45) is -4.47. The Morgan fingerprint density at radius 2 is 1.78 bits per heavy atom. The van der Waals surface area contributed by atoms with Gasteiger partial charge in [-0.15, -0.1) is 0 Å². The molecule has 3 heterocycles. The largest absolute Gasteiger partial charge is 0.486 e. The summed E-state index contributed by atoms with van der Waals surface area (Å²) >= 11 is 0. The number of imidazole rings is 1. The average Bonchev–Trinajstić information content (AvgIpc) is 3.16. The number of ether oxygens (including phenoxy) is 2. The predicted octanol–water partition coefficient (Wildman–Crippen LogP) is 3.74. The lowest BCUT2D eigenvalue weighted by atomic mass is 10.1. The SMILES string of the molecule is FC(F)(F)c1ccccc1Nc1nc2nc3cc4c(cc3n2[nH]1)OCCO4. The Bertz CT molecular complexity index is 1160. The first-order chi connectivity index (χ1) is 13.0. The Hall–Kier alpha value is -3.43. The molecule has 7 nitrogen and oxygen atoms in total. The molecule has 10 heteroatoms. The summed E-state index contributed by atoms with van der Waals surface area (Å²) in [6, 6.07) is 8.71. The third-order valence-corrected chi connectivity index (χ3v) is 4.22. The molecule has 0 spiro atoms. The standard InChI is InChI=1S/C17H12F3N5O2/c18-17(19,20)9-3-1-2-4-10(9)21-15-23-16-22-11-7-13-14(27-6-5-26-13)8-12(11)25(16)24-15/h1-4,7-8H,5-6H2,(H2,21,22,23,24). The number of anilines is 2. The first-order valence-electron chi connectivity index (χ1n) is 8.10. The zero-order valence-electron chi connectivity index (χ0n) is 13.7. The molecule has 0 saturated heterocycles. The van der Waals surface area contributed by atoms with Crippen molar-refractivity contribution in [2.45, 2.75) is 6.18 Å². The van der Waals surface area contributed by atoms with Crippen LogP contribution in [0.5, 0.6) is 11.5 Å². The zero-order valence-corrected chi connectivity index (χ0v) is 13.7. The number of fused-ring (bicyclic) bond motifs is 4. The Kier molecular flexibility index (Phi) is 3.24. The highest BCUT2D eigenvalue weighted by molar-refractivity contribution is 5.83. The van der Waals surface area contributed by atoms with Gasteiger partial charge in [0.1, 0.15) is 13.2 Å². The molecule has 2 aromatic carbocycles. The topological polar surface area (TPSA) is 76.5 Å². The van der Waals surface area contributed by atoms with E-state index in [4.69, 9.17) is 9.47 Å². The van der Waals surface area contributed by atoms with Gasteiger partial charge in [0.15, 0.2) is 11.5 Å². The molecule has 0 atom stereocenters. The normalized spacial score (nSPS) is 14.0. The molecule has 0 amide bonds. The molecule has 4 aromatic rings. The van der Waals surface area contributed by atoms with Crippen LogP contribution in [0.2, 0.25) is 0 Å². The number of rotatable bonds is 2. The van der Waals surface area contributed by atoms with Crippen molar-refractivity contribution in [2.24, 2.45) is 0 Å². The molecular weight excluding hydrogens is 363 g/mol. The molecule has 1 aliphatic heterocycles. The van der Waals surface area contributed by atoms with Crippen LogP contribution in [0.15, 0.2) is 36.4 Å². The Morgan fingerprint density at radius 3 is 2.56 bits per heavy atom. The first-order valence-corrected chi connectivity index (χ1v) is 8.10. The fraction of sp³-hybridized carbons (Fsp3) is 0.176. The maximum absolute atomic E-state index is 13.2. The Morgan fingerprint density at radius 1 is 1.04 bits per heavy atom. The van der Waals surface area contributed by atoms with Crippen LogP contribution in [0.4, 0.5) is 24.8 Å². The van der Waals surface area contributed by atoms with Gasteiger partial charge in [-0.3, -0.25) is 5.10 Å². The molecule has 5 rings (SSSR count). The van der Waals surface area contributed by atoms with Gasteiger partial charge in [0, 0.05) is 12.1 Å². The zero-order chi connectivity index (χ0) is 18.6. The molecule has 0 aliphatic carbocycles. The number of nitrogens with zero attached hydrogens (tertiary/aromatic N) is 3. The van der Waals surface area contributed by atoms with Crippen molar-refractivity contribution in [3.63, 3.8) is 0 Å². The second-order valence-electron chi connectivity index (χ2n) is 5.97. The molecule has 2 aromatic heterocycles. The minimum Gasteiger partial charge on any atom is -0.486 e. The van der Waals surface area contributed by atoms with Gasteiger partial charge in [-0.25, -0.2) is 9.50 Å². The summed E-state index contributed by atoms with van der Waals surface area (Å²) in [5, 5.41) is 5.60. The molecule has 0 bridgehead atoms. The fourth-order valence-corrected chi connectivity index (χ4v) is 3.04. The predicted molar refractivity (Wildman–Crippen MR) is 90.6 cm³/mol. The highest BCUT2D eigenvalue weighted by Gasteiger charge is 2.33. The number of hydrogen-bond donors (Lipinski definition) is 2. The smallest absolute Gasteiger partial charge is 0.418 e. The third-order valence-electron chi connectivity index (χ3n) is 4.22. The van der Waals surface area contributed by atoms with Crippen molar-refractivity contribution in [1.29, 1.82) is 0 Å². The van der Waals surface area contributed by atoms with Crippen LogP contribution in [0.25, 0.3) is 16.8 Å². The van der Waals surface area contributed by atoms with Crippen LogP contribution >= 0.6 is 0 Å². The lowest BCUT2D eigenvalue weighted by Gasteiger charge is -2.17. The van der Waals surface area contributed by atoms with E-state index in [1.165, 1.54) is 18.2 Å². The van der Waals surface area contributed by atoms with Crippen LogP contribution in [0.3, 0.4) is 0 Å². The number of halogens is 3. The van der Waals surface area contributed by atoms with Gasteiger partial charge in [-0.2, -0.15) is 18.2 Å². The number of nitrogens with one attached hydrogen (secondary N) is 2. The highest BCUT2D eigenvalue weighted by Crippen LogP contribution is 2.36. The van der Waals surface area contributed by atoms with Crippen LogP contribution in [-0.4, -0.2) is 32.8 Å². The minimum atomic E-state index is -4.47. The lowest BCUT2D eigenvalue weighted by molar-refractivity contribution is -0.136. The van der Waals surface area contributed by atoms with E-state index < -0.39 is 11.7 Å². The van der Waals surface area contributed by atoms with Gasteiger partial charge in [0.05, 0.1) is 22.3 Å². The number of H-pyrrole nitrogens is 1. The molecule has 0 fully saturated rings. The van der Waals surface area contributed by atoms with E-state index in [0.29, 0.717) is 41.5 Å². The molecule has 1 aliphatic rings. The van der Waals surface area contributed by atoms with E-state index in [9.17, 15) is 13.2 Å². The van der Waals surface area contributed by atoms with E-state index in [2.05, 4.69) is 20.4 Å². The number of alkyl halides is 3. The van der Waals surface area contributed by atoms with Gasteiger partial charge in [-0.1, -0.05) is 12.1 Å². The summed E-state index contributed by atoms with van der Waals surface area (Å²) in [6.45, 7) is 0.916. The fourth-order valence-electron chi connectivity index (χ4n) is 3.04. The molecule has 138 valence electrons. The number of hydrogen-bond acceptors (Lipinski definition) is 5. The summed E-state index contributed by atoms with van der Waals surface area (Å²) in [7, 11) is 0. The third kappa shape index (κ3) is 2.60. The summed E-state index contributed by atoms with van der Waals surface area (Å²) in [4.78, 5) is 8.61. The molecule has 0 saturated carbocycles. The monoisotopic (exact) mass is 375 g/mol. The van der Waals surface area contributed by atoms with E-state index in [0.717, 1.165) is 6.07 Å². The summed E-state index contributed by atoms with van der Waals surface area (Å²) in [5.41, 5.74) is 0.447. The van der Waals surface area contributed by atoms with Gasteiger partial charge >= 0.3 is 6.18 Å². The van der Waals surface area contributed by atoms with Crippen LogP contribution in [-0.2, 0) is 6.18 Å². The van der Waals surface area contributed by atoms with Crippen molar-refractivity contribution in [2.75, 3.05) is 18.5 Å². The Balaban J connectivity index is 1.56. The Labute approximate surface area is 149 Å². The maximum atomic E-state index is 13.2. The average molecular weight is 375 g/mol. The molecular formula is C17H12F3N5O2. The van der Waals surface area contributed by atoms with Crippen LogP contribution in [0.1, 0.15) is 5.56 Å². The van der Waals surface area contributed by atoms with Gasteiger partial charge in [0.2, 0.25) is 5.95 Å². The second kappa shape index (κ2) is 5.53. The van der Waals surface area contributed by atoms with E-state index >= 15 is 0 Å². The quantitative estimate of drug-likeness (QED) is 0.558. The van der Waals surface area contributed by atoms with Gasteiger partial charge in [0.25, 0.3) is 5.78 Å². The van der Waals surface area contributed by atoms with Crippen molar-refractivity contribution >= 4 is 28.4 Å². The molecule has 27 heavy (non-hydrogen) atoms. The second-order valence-corrected chi connectivity index (χ2v) is 5.97. The molecule has 2 N–H and O–H groups in total. The number of aromatic nitrogens is 4. The van der Waals surface area contributed by atoms with Crippen molar-refractivity contribution in [3.8, 4) is 11.5 Å². The number of benzene rings is 2. The van der Waals surface area contributed by atoms with Crippen molar-refractivity contribution < 1.29 is 22.6 Å². The molecule has 0 radical (unpaired) electrons. The first kappa shape index (κ1) is 15.8. The van der Waals surface area contributed by atoms with Gasteiger partial charge < -0.3 is 14.8 Å². The molecule has 0 unspecified atom stereocenters. The summed E-state index contributed by atoms with van der Waals surface area (Å²) < 4.78 is 52.1. The number of aromatic amines is 1. The summed E-state index contributed by atoms with van der Waals surface area (Å²) in [5.74, 6) is 1.65.